The first-order valence-electron chi connectivity index (χ1n) is 8.27. The smallest absolute Gasteiger partial charge is 0.289 e. The zero-order chi connectivity index (χ0) is 20.1. The summed E-state index contributed by atoms with van der Waals surface area (Å²) in [5, 5.41) is 13.6. The van der Waals surface area contributed by atoms with Crippen molar-refractivity contribution in [3.8, 4) is 5.75 Å². The monoisotopic (exact) mass is 391 g/mol. The summed E-state index contributed by atoms with van der Waals surface area (Å²) in [6.07, 6.45) is 0. The van der Waals surface area contributed by atoms with E-state index in [9.17, 15) is 14.9 Å². The van der Waals surface area contributed by atoms with Crippen molar-refractivity contribution in [2.45, 2.75) is 20.4 Å². The zero-order valence-corrected chi connectivity index (χ0v) is 16.5. The van der Waals surface area contributed by atoms with Crippen molar-refractivity contribution < 1.29 is 14.5 Å². The lowest BCUT2D eigenvalue weighted by Crippen LogP contribution is -2.29. The predicted molar refractivity (Wildman–Crippen MR) is 106 cm³/mol. The van der Waals surface area contributed by atoms with E-state index in [-0.39, 0.29) is 23.2 Å². The third-order valence-corrected chi connectivity index (χ3v) is 4.34. The molecule has 0 saturated carbocycles. The Morgan fingerprint density at radius 2 is 1.89 bits per heavy atom. The van der Waals surface area contributed by atoms with E-state index in [1.807, 2.05) is 37.9 Å². The molecule has 0 heterocycles. The van der Waals surface area contributed by atoms with Crippen molar-refractivity contribution in [1.29, 1.82) is 0 Å². The molecule has 144 valence electrons. The molecule has 0 aliphatic rings. The molecule has 2 aromatic rings. The maximum Gasteiger partial charge on any atom is 0.289 e. The maximum absolute atomic E-state index is 12.2. The van der Waals surface area contributed by atoms with E-state index in [1.54, 1.807) is 7.11 Å². The number of nitro benzene ring substituents is 1. The van der Waals surface area contributed by atoms with Crippen LogP contribution in [-0.2, 0) is 11.3 Å². The standard InChI is InChI=1S/C19H22ClN3O4/c1-12-7-14(8-13(2)19(12)27-4)10-22(3)11-18(24)21-15-5-6-16(20)17(9-15)23(25)26/h5-9H,10-11H2,1-4H3,(H,21,24). The minimum atomic E-state index is -0.585. The molecule has 0 aliphatic heterocycles. The SMILES string of the molecule is COc1c(C)cc(CN(C)CC(=O)Nc2ccc(Cl)c([N+](=O)[O-])c2)cc1C. The average Bonchev–Trinajstić information content (AvgIpc) is 2.55. The van der Waals surface area contributed by atoms with Gasteiger partial charge in [0, 0.05) is 18.3 Å². The number of hydrogen-bond donors (Lipinski definition) is 1. The van der Waals surface area contributed by atoms with Gasteiger partial charge in [0.05, 0.1) is 18.6 Å². The molecule has 2 rings (SSSR count). The van der Waals surface area contributed by atoms with Crippen molar-refractivity contribution in [2.75, 3.05) is 26.0 Å². The van der Waals surface area contributed by atoms with Crippen molar-refractivity contribution in [3.63, 3.8) is 0 Å². The number of rotatable bonds is 7. The van der Waals surface area contributed by atoms with Gasteiger partial charge in [0.15, 0.2) is 0 Å². The molecule has 0 spiro atoms. The van der Waals surface area contributed by atoms with E-state index < -0.39 is 4.92 Å². The summed E-state index contributed by atoms with van der Waals surface area (Å²) in [7, 11) is 3.48. The van der Waals surface area contributed by atoms with Gasteiger partial charge in [-0.3, -0.25) is 19.8 Å². The van der Waals surface area contributed by atoms with Gasteiger partial charge < -0.3 is 10.1 Å². The number of nitrogens with one attached hydrogen (secondary N) is 1. The Kier molecular flexibility index (Phi) is 6.76. The highest BCUT2D eigenvalue weighted by molar-refractivity contribution is 6.32. The van der Waals surface area contributed by atoms with E-state index in [0.717, 1.165) is 22.4 Å². The Labute approximate surface area is 163 Å². The fraction of sp³-hybridized carbons (Fsp3) is 0.316. The Morgan fingerprint density at radius 1 is 1.26 bits per heavy atom. The lowest BCUT2D eigenvalue weighted by Gasteiger charge is -2.18. The first-order chi connectivity index (χ1) is 12.7. The van der Waals surface area contributed by atoms with Crippen LogP contribution in [0.4, 0.5) is 11.4 Å². The second-order valence-corrected chi connectivity index (χ2v) is 6.81. The fourth-order valence-corrected chi connectivity index (χ4v) is 3.18. The molecule has 0 aromatic heterocycles. The molecular weight excluding hydrogens is 370 g/mol. The van der Waals surface area contributed by atoms with Crippen molar-refractivity contribution >= 4 is 28.9 Å². The molecule has 2 aromatic carbocycles. The molecule has 0 radical (unpaired) electrons. The Hall–Kier alpha value is -2.64. The summed E-state index contributed by atoms with van der Waals surface area (Å²) in [6, 6.07) is 8.23. The number of carbonyl (C=O) groups is 1. The molecule has 7 nitrogen and oxygen atoms in total. The number of likely N-dealkylation sites (N-methyl/N-ethyl adjacent to an activating group) is 1. The number of ether oxygens (including phenoxy) is 1. The van der Waals surface area contributed by atoms with Crippen LogP contribution in [0.3, 0.4) is 0 Å². The van der Waals surface area contributed by atoms with Gasteiger partial charge in [-0.25, -0.2) is 0 Å². The molecule has 0 aliphatic carbocycles. The van der Waals surface area contributed by atoms with Crippen molar-refractivity contribution in [3.05, 3.63) is 62.2 Å². The number of carbonyl (C=O) groups excluding carboxylic acids is 1. The number of nitro groups is 1. The molecule has 1 N–H and O–H groups in total. The average molecular weight is 392 g/mol. The molecule has 0 bridgehead atoms. The van der Waals surface area contributed by atoms with E-state index in [0.29, 0.717) is 12.2 Å². The number of benzene rings is 2. The first-order valence-corrected chi connectivity index (χ1v) is 8.65. The van der Waals surface area contributed by atoms with Crippen LogP contribution in [0.2, 0.25) is 5.02 Å². The van der Waals surface area contributed by atoms with Crippen LogP contribution in [0.5, 0.6) is 5.75 Å². The van der Waals surface area contributed by atoms with Crippen LogP contribution >= 0.6 is 11.6 Å². The highest BCUT2D eigenvalue weighted by Gasteiger charge is 2.15. The van der Waals surface area contributed by atoms with Crippen LogP contribution in [-0.4, -0.2) is 36.4 Å². The minimum absolute atomic E-state index is 0.0281. The van der Waals surface area contributed by atoms with Crippen LogP contribution in [0.25, 0.3) is 0 Å². The fourth-order valence-electron chi connectivity index (χ4n) is 3.00. The first kappa shape index (κ1) is 20.7. The number of amides is 1. The quantitative estimate of drug-likeness (QED) is 0.570. The van der Waals surface area contributed by atoms with Crippen LogP contribution in [0.15, 0.2) is 30.3 Å². The summed E-state index contributed by atoms with van der Waals surface area (Å²) in [4.78, 5) is 24.4. The number of anilines is 1. The van der Waals surface area contributed by atoms with Gasteiger partial charge in [-0.1, -0.05) is 23.7 Å². The third kappa shape index (κ3) is 5.42. The molecule has 0 unspecified atom stereocenters. The normalized spacial score (nSPS) is 10.7. The number of nitrogens with zero attached hydrogens (tertiary/aromatic N) is 2. The molecule has 27 heavy (non-hydrogen) atoms. The van der Waals surface area contributed by atoms with Crippen LogP contribution in [0, 0.1) is 24.0 Å². The van der Waals surface area contributed by atoms with Gasteiger partial charge in [0.1, 0.15) is 10.8 Å². The second kappa shape index (κ2) is 8.83. The van der Waals surface area contributed by atoms with E-state index in [2.05, 4.69) is 5.32 Å². The molecule has 0 fully saturated rings. The summed E-state index contributed by atoms with van der Waals surface area (Å²) in [6.45, 7) is 4.69. The molecule has 0 saturated heterocycles. The molecule has 0 atom stereocenters. The Balaban J connectivity index is 2.00. The zero-order valence-electron chi connectivity index (χ0n) is 15.7. The molecular formula is C19H22ClN3O4. The largest absolute Gasteiger partial charge is 0.496 e. The van der Waals surface area contributed by atoms with Crippen LogP contribution in [0.1, 0.15) is 16.7 Å². The van der Waals surface area contributed by atoms with E-state index >= 15 is 0 Å². The number of methoxy groups -OCH3 is 1. The Bertz CT molecular complexity index is 847. The maximum atomic E-state index is 12.2. The third-order valence-electron chi connectivity index (χ3n) is 4.02. The number of hydrogen-bond acceptors (Lipinski definition) is 5. The predicted octanol–water partition coefficient (Wildman–Crippen LogP) is 3.94. The Morgan fingerprint density at radius 3 is 2.44 bits per heavy atom. The summed E-state index contributed by atoms with van der Waals surface area (Å²) in [5.41, 5.74) is 3.24. The highest BCUT2D eigenvalue weighted by Crippen LogP contribution is 2.27. The minimum Gasteiger partial charge on any atom is -0.496 e. The summed E-state index contributed by atoms with van der Waals surface area (Å²) >= 11 is 5.78. The molecule has 1 amide bonds. The number of aryl methyl sites for hydroxylation is 2. The van der Waals surface area contributed by atoms with E-state index in [4.69, 9.17) is 16.3 Å². The van der Waals surface area contributed by atoms with E-state index in [1.165, 1.54) is 18.2 Å². The summed E-state index contributed by atoms with van der Waals surface area (Å²) in [5.74, 6) is 0.597. The van der Waals surface area contributed by atoms with Crippen molar-refractivity contribution in [1.82, 2.24) is 4.90 Å². The van der Waals surface area contributed by atoms with Gasteiger partial charge in [0.25, 0.3) is 5.69 Å². The van der Waals surface area contributed by atoms with Crippen LogP contribution < -0.4 is 10.1 Å². The lowest BCUT2D eigenvalue weighted by molar-refractivity contribution is -0.384. The number of halogens is 1. The van der Waals surface area contributed by atoms with Gasteiger partial charge in [-0.2, -0.15) is 0 Å². The summed E-state index contributed by atoms with van der Waals surface area (Å²) < 4.78 is 5.37. The topological polar surface area (TPSA) is 84.7 Å². The van der Waals surface area contributed by atoms with Crippen molar-refractivity contribution in [2.24, 2.45) is 0 Å². The van der Waals surface area contributed by atoms with Gasteiger partial charge in [0.2, 0.25) is 5.91 Å². The second-order valence-electron chi connectivity index (χ2n) is 6.41. The van der Waals surface area contributed by atoms with Gasteiger partial charge >= 0.3 is 0 Å². The van der Waals surface area contributed by atoms with Gasteiger partial charge in [-0.05, 0) is 49.7 Å². The van der Waals surface area contributed by atoms with Gasteiger partial charge in [-0.15, -0.1) is 0 Å². The lowest BCUT2D eigenvalue weighted by atomic mass is 10.1. The molecule has 8 heteroatoms. The highest BCUT2D eigenvalue weighted by atomic mass is 35.5.